The van der Waals surface area contributed by atoms with E-state index in [1.54, 1.807) is 34.5 Å². The lowest BCUT2D eigenvalue weighted by Crippen LogP contribution is -2.21. The Morgan fingerprint density at radius 3 is 2.67 bits per heavy atom. The van der Waals surface area contributed by atoms with Gasteiger partial charge in [-0.1, -0.05) is 48.5 Å². The molecule has 0 unspecified atom stereocenters. The van der Waals surface area contributed by atoms with Gasteiger partial charge in [0, 0.05) is 5.02 Å². The fraction of sp³-hybridized carbons (Fsp3) is 0.125. The highest BCUT2D eigenvalue weighted by atomic mass is 35.5. The number of nitrogens with zero attached hydrogens (tertiary/aromatic N) is 2. The first kappa shape index (κ1) is 14.2. The van der Waals surface area contributed by atoms with Gasteiger partial charge in [0.05, 0.1) is 16.6 Å². The summed E-state index contributed by atoms with van der Waals surface area (Å²) in [5.74, 6) is 0.839. The van der Waals surface area contributed by atoms with Crippen LogP contribution in [-0.4, -0.2) is 15.3 Å². The van der Waals surface area contributed by atoms with E-state index < -0.39 is 0 Å². The number of hydrogen-bond donors (Lipinski definition) is 0. The third-order valence-electron chi connectivity index (χ3n) is 3.09. The SMILES string of the molecule is CCSc1nc2cc(Cl)ccc2c(=O)n1-c1ccccc1. The molecule has 3 aromatic rings. The van der Waals surface area contributed by atoms with Crippen LogP contribution in [0.5, 0.6) is 0 Å². The first-order chi connectivity index (χ1) is 10.2. The van der Waals surface area contributed by atoms with E-state index in [4.69, 9.17) is 11.6 Å². The summed E-state index contributed by atoms with van der Waals surface area (Å²) in [6.07, 6.45) is 0. The fourth-order valence-corrected chi connectivity index (χ4v) is 3.07. The van der Waals surface area contributed by atoms with Crippen LogP contribution in [0, 0.1) is 0 Å². The summed E-state index contributed by atoms with van der Waals surface area (Å²) < 4.78 is 1.66. The third kappa shape index (κ3) is 2.69. The van der Waals surface area contributed by atoms with E-state index in [0.29, 0.717) is 21.1 Å². The summed E-state index contributed by atoms with van der Waals surface area (Å²) in [6.45, 7) is 2.04. The zero-order chi connectivity index (χ0) is 14.8. The molecule has 0 radical (unpaired) electrons. The van der Waals surface area contributed by atoms with E-state index in [0.717, 1.165) is 11.4 Å². The third-order valence-corrected chi connectivity index (χ3v) is 4.14. The van der Waals surface area contributed by atoms with Crippen molar-refractivity contribution in [2.45, 2.75) is 12.1 Å². The van der Waals surface area contributed by atoms with Crippen molar-refractivity contribution >= 4 is 34.3 Å². The van der Waals surface area contributed by atoms with E-state index in [1.807, 2.05) is 37.3 Å². The van der Waals surface area contributed by atoms with Crippen LogP contribution in [0.4, 0.5) is 0 Å². The minimum Gasteiger partial charge on any atom is -0.268 e. The molecule has 106 valence electrons. The summed E-state index contributed by atoms with van der Waals surface area (Å²) >= 11 is 7.54. The molecule has 0 spiro atoms. The van der Waals surface area contributed by atoms with Crippen LogP contribution in [0.3, 0.4) is 0 Å². The molecule has 0 N–H and O–H groups in total. The van der Waals surface area contributed by atoms with Gasteiger partial charge in [0.25, 0.3) is 5.56 Å². The molecule has 0 atom stereocenters. The molecule has 0 saturated carbocycles. The van der Waals surface area contributed by atoms with Gasteiger partial charge in [-0.2, -0.15) is 0 Å². The maximum atomic E-state index is 12.8. The molecule has 5 heteroatoms. The molecule has 0 saturated heterocycles. The average Bonchev–Trinajstić information content (AvgIpc) is 2.48. The Labute approximate surface area is 131 Å². The van der Waals surface area contributed by atoms with Gasteiger partial charge in [0.2, 0.25) is 0 Å². The lowest BCUT2D eigenvalue weighted by Gasteiger charge is -2.12. The summed E-state index contributed by atoms with van der Waals surface area (Å²) in [5.41, 5.74) is 1.39. The lowest BCUT2D eigenvalue weighted by atomic mass is 10.2. The predicted octanol–water partition coefficient (Wildman–Crippen LogP) is 4.15. The van der Waals surface area contributed by atoms with Gasteiger partial charge in [-0.05, 0) is 36.1 Å². The Bertz CT molecular complexity index is 846. The fourth-order valence-electron chi connectivity index (χ4n) is 2.17. The molecule has 0 aliphatic heterocycles. The standard InChI is InChI=1S/C16H13ClN2OS/c1-2-21-16-18-14-10-11(17)8-9-13(14)15(20)19(16)12-6-4-3-5-7-12/h3-10H,2H2,1H3. The van der Waals surface area contributed by atoms with Crippen LogP contribution in [0.15, 0.2) is 58.5 Å². The second-order valence-electron chi connectivity index (χ2n) is 4.46. The molecule has 2 aromatic carbocycles. The average molecular weight is 317 g/mol. The van der Waals surface area contributed by atoms with E-state index in [9.17, 15) is 4.79 Å². The molecule has 0 aliphatic rings. The number of thioether (sulfide) groups is 1. The minimum absolute atomic E-state index is 0.0705. The van der Waals surface area contributed by atoms with Gasteiger partial charge in [0.1, 0.15) is 0 Å². The smallest absolute Gasteiger partial charge is 0.266 e. The van der Waals surface area contributed by atoms with Crippen molar-refractivity contribution in [3.8, 4) is 5.69 Å². The second kappa shape index (κ2) is 5.92. The van der Waals surface area contributed by atoms with Crippen LogP contribution in [0.2, 0.25) is 5.02 Å². The summed E-state index contributed by atoms with van der Waals surface area (Å²) in [6, 6.07) is 14.7. The highest BCUT2D eigenvalue weighted by Crippen LogP contribution is 2.22. The first-order valence-corrected chi connectivity index (χ1v) is 7.97. The van der Waals surface area contributed by atoms with Crippen molar-refractivity contribution in [1.82, 2.24) is 9.55 Å². The number of fused-ring (bicyclic) bond motifs is 1. The number of rotatable bonds is 3. The van der Waals surface area contributed by atoms with Gasteiger partial charge in [-0.25, -0.2) is 4.98 Å². The van der Waals surface area contributed by atoms with Crippen LogP contribution < -0.4 is 5.56 Å². The van der Waals surface area contributed by atoms with E-state index in [-0.39, 0.29) is 5.56 Å². The van der Waals surface area contributed by atoms with Gasteiger partial charge in [-0.3, -0.25) is 9.36 Å². The summed E-state index contributed by atoms with van der Waals surface area (Å²) in [7, 11) is 0. The molecular formula is C16H13ClN2OS. The quantitative estimate of drug-likeness (QED) is 0.538. The Morgan fingerprint density at radius 1 is 1.19 bits per heavy atom. The van der Waals surface area contributed by atoms with Crippen molar-refractivity contribution in [2.75, 3.05) is 5.75 Å². The Hall–Kier alpha value is -1.78. The van der Waals surface area contributed by atoms with E-state index >= 15 is 0 Å². The van der Waals surface area contributed by atoms with Crippen LogP contribution in [0.25, 0.3) is 16.6 Å². The van der Waals surface area contributed by atoms with E-state index in [2.05, 4.69) is 4.98 Å². The number of aromatic nitrogens is 2. The monoisotopic (exact) mass is 316 g/mol. The minimum atomic E-state index is -0.0705. The topological polar surface area (TPSA) is 34.9 Å². The molecule has 0 bridgehead atoms. The van der Waals surface area contributed by atoms with Crippen LogP contribution in [-0.2, 0) is 0 Å². The lowest BCUT2D eigenvalue weighted by molar-refractivity contribution is 0.820. The van der Waals surface area contributed by atoms with E-state index in [1.165, 1.54) is 0 Å². The van der Waals surface area contributed by atoms with Gasteiger partial charge >= 0.3 is 0 Å². The summed E-state index contributed by atoms with van der Waals surface area (Å²) in [5, 5.41) is 1.84. The highest BCUT2D eigenvalue weighted by Gasteiger charge is 2.12. The summed E-state index contributed by atoms with van der Waals surface area (Å²) in [4.78, 5) is 17.4. The molecule has 3 rings (SSSR count). The number of benzene rings is 2. The highest BCUT2D eigenvalue weighted by molar-refractivity contribution is 7.99. The molecular weight excluding hydrogens is 304 g/mol. The molecule has 1 aromatic heterocycles. The van der Waals surface area contributed by atoms with Crippen molar-refractivity contribution in [2.24, 2.45) is 0 Å². The largest absolute Gasteiger partial charge is 0.268 e. The molecule has 1 heterocycles. The van der Waals surface area contributed by atoms with Crippen molar-refractivity contribution in [1.29, 1.82) is 0 Å². The van der Waals surface area contributed by atoms with Crippen LogP contribution in [0.1, 0.15) is 6.92 Å². The Kier molecular flexibility index (Phi) is 3.99. The zero-order valence-corrected chi connectivity index (χ0v) is 13.0. The Morgan fingerprint density at radius 2 is 1.95 bits per heavy atom. The molecule has 0 aliphatic carbocycles. The second-order valence-corrected chi connectivity index (χ2v) is 6.13. The van der Waals surface area contributed by atoms with Crippen molar-refractivity contribution in [3.05, 3.63) is 63.9 Å². The number of hydrogen-bond acceptors (Lipinski definition) is 3. The molecule has 0 amide bonds. The van der Waals surface area contributed by atoms with Crippen LogP contribution >= 0.6 is 23.4 Å². The predicted molar refractivity (Wildman–Crippen MR) is 88.7 cm³/mol. The zero-order valence-electron chi connectivity index (χ0n) is 11.4. The van der Waals surface area contributed by atoms with Crippen molar-refractivity contribution in [3.63, 3.8) is 0 Å². The van der Waals surface area contributed by atoms with Gasteiger partial charge in [-0.15, -0.1) is 0 Å². The molecule has 3 nitrogen and oxygen atoms in total. The number of para-hydroxylation sites is 1. The first-order valence-electron chi connectivity index (χ1n) is 6.61. The van der Waals surface area contributed by atoms with Crippen molar-refractivity contribution < 1.29 is 0 Å². The normalized spacial score (nSPS) is 11.0. The molecule has 0 fully saturated rings. The molecule has 21 heavy (non-hydrogen) atoms. The number of halogens is 1. The maximum Gasteiger partial charge on any atom is 0.266 e. The maximum absolute atomic E-state index is 12.8. The van der Waals surface area contributed by atoms with Gasteiger partial charge in [0.15, 0.2) is 5.16 Å². The van der Waals surface area contributed by atoms with Gasteiger partial charge < -0.3 is 0 Å². The Balaban J connectivity index is 2.36.